The predicted molar refractivity (Wildman–Crippen MR) is 177 cm³/mol. The van der Waals surface area contributed by atoms with E-state index in [4.69, 9.17) is 4.42 Å². The van der Waals surface area contributed by atoms with E-state index in [1.54, 1.807) is 0 Å². The number of benzene rings is 7. The van der Waals surface area contributed by atoms with E-state index < -0.39 is 0 Å². The van der Waals surface area contributed by atoms with Gasteiger partial charge >= 0.3 is 0 Å². The predicted octanol–water partition coefficient (Wildman–Crippen LogP) is 11.5. The third kappa shape index (κ3) is 4.05. The second-order valence-corrected chi connectivity index (χ2v) is 10.5. The van der Waals surface area contributed by atoms with Crippen LogP contribution in [0.5, 0.6) is 0 Å². The van der Waals surface area contributed by atoms with Crippen molar-refractivity contribution in [1.29, 1.82) is 0 Å². The molecule has 0 atom stereocenters. The number of furan rings is 1. The summed E-state index contributed by atoms with van der Waals surface area (Å²) in [5, 5.41) is 4.64. The number of fused-ring (bicyclic) bond motifs is 4. The molecule has 0 fully saturated rings. The van der Waals surface area contributed by atoms with E-state index >= 15 is 0 Å². The zero-order valence-corrected chi connectivity index (χ0v) is 22.9. The van der Waals surface area contributed by atoms with Crippen LogP contribution in [0.2, 0.25) is 0 Å². The number of hydrogen-bond donors (Lipinski definition) is 0. The summed E-state index contributed by atoms with van der Waals surface area (Å²) in [7, 11) is 0. The highest BCUT2D eigenvalue weighted by Crippen LogP contribution is 2.48. The summed E-state index contributed by atoms with van der Waals surface area (Å²) in [5.74, 6) is 0. The van der Waals surface area contributed by atoms with Gasteiger partial charge in [0.05, 0.1) is 11.4 Å². The van der Waals surface area contributed by atoms with E-state index in [1.807, 2.05) is 6.07 Å². The number of para-hydroxylation sites is 2. The van der Waals surface area contributed by atoms with Gasteiger partial charge in [0.25, 0.3) is 0 Å². The summed E-state index contributed by atoms with van der Waals surface area (Å²) in [6, 6.07) is 57.9. The van der Waals surface area contributed by atoms with Gasteiger partial charge in [0.15, 0.2) is 0 Å². The fraction of sp³-hybridized carbons (Fsp3) is 0. The van der Waals surface area contributed by atoms with Crippen molar-refractivity contribution in [3.63, 3.8) is 0 Å². The van der Waals surface area contributed by atoms with Crippen molar-refractivity contribution in [2.24, 2.45) is 0 Å². The SMILES string of the molecule is c1ccc(-c2cccc(-c3c(N(c4ccccc4)c4cccc5ccccc45)ccc4oc5ccccc5c34)c2)cc1. The maximum atomic E-state index is 6.43. The Labute approximate surface area is 244 Å². The Morgan fingerprint density at radius 1 is 0.405 bits per heavy atom. The Morgan fingerprint density at radius 3 is 1.90 bits per heavy atom. The van der Waals surface area contributed by atoms with Crippen LogP contribution in [0.25, 0.3) is 55.0 Å². The van der Waals surface area contributed by atoms with Crippen LogP contribution in [-0.2, 0) is 0 Å². The van der Waals surface area contributed by atoms with Crippen LogP contribution in [0.15, 0.2) is 168 Å². The van der Waals surface area contributed by atoms with Gasteiger partial charge in [-0.1, -0.05) is 121 Å². The van der Waals surface area contributed by atoms with Gasteiger partial charge in [-0.05, 0) is 64.5 Å². The molecule has 1 heterocycles. The topological polar surface area (TPSA) is 16.4 Å². The monoisotopic (exact) mass is 537 g/mol. The normalized spacial score (nSPS) is 11.3. The van der Waals surface area contributed by atoms with Gasteiger partial charge in [0.1, 0.15) is 11.2 Å². The second-order valence-electron chi connectivity index (χ2n) is 10.5. The van der Waals surface area contributed by atoms with Crippen LogP contribution in [0.1, 0.15) is 0 Å². The molecule has 7 aromatic carbocycles. The van der Waals surface area contributed by atoms with E-state index in [0.29, 0.717) is 0 Å². The molecule has 8 rings (SSSR count). The van der Waals surface area contributed by atoms with Crippen molar-refractivity contribution in [1.82, 2.24) is 0 Å². The van der Waals surface area contributed by atoms with Gasteiger partial charge in [0.2, 0.25) is 0 Å². The van der Waals surface area contributed by atoms with Crippen molar-refractivity contribution in [2.45, 2.75) is 0 Å². The first-order valence-corrected chi connectivity index (χ1v) is 14.3. The summed E-state index contributed by atoms with van der Waals surface area (Å²) in [5.41, 5.74) is 9.76. The molecule has 0 unspecified atom stereocenters. The molecule has 198 valence electrons. The average molecular weight is 538 g/mol. The minimum absolute atomic E-state index is 0.881. The van der Waals surface area contributed by atoms with Crippen LogP contribution in [0, 0.1) is 0 Å². The van der Waals surface area contributed by atoms with E-state index in [-0.39, 0.29) is 0 Å². The zero-order chi connectivity index (χ0) is 27.9. The number of nitrogens with zero attached hydrogens (tertiary/aromatic N) is 1. The Morgan fingerprint density at radius 2 is 1.05 bits per heavy atom. The second kappa shape index (κ2) is 10.1. The quantitative estimate of drug-likeness (QED) is 0.217. The van der Waals surface area contributed by atoms with Crippen LogP contribution in [0.4, 0.5) is 17.1 Å². The molecule has 2 nitrogen and oxygen atoms in total. The maximum absolute atomic E-state index is 6.43. The van der Waals surface area contributed by atoms with Crippen LogP contribution in [-0.4, -0.2) is 0 Å². The van der Waals surface area contributed by atoms with Crippen LogP contribution >= 0.6 is 0 Å². The fourth-order valence-corrected chi connectivity index (χ4v) is 6.16. The molecule has 0 aliphatic heterocycles. The van der Waals surface area contributed by atoms with Gasteiger partial charge in [0, 0.05) is 27.4 Å². The third-order valence-electron chi connectivity index (χ3n) is 8.04. The average Bonchev–Trinajstić information content (AvgIpc) is 3.45. The lowest BCUT2D eigenvalue weighted by atomic mass is 9.93. The molecule has 0 spiro atoms. The minimum atomic E-state index is 0.881. The molecule has 0 radical (unpaired) electrons. The summed E-state index contributed by atoms with van der Waals surface area (Å²) in [6.45, 7) is 0. The lowest BCUT2D eigenvalue weighted by Crippen LogP contribution is -2.11. The minimum Gasteiger partial charge on any atom is -0.456 e. The first-order valence-electron chi connectivity index (χ1n) is 14.3. The molecule has 0 N–H and O–H groups in total. The van der Waals surface area contributed by atoms with Gasteiger partial charge in [-0.25, -0.2) is 0 Å². The molecule has 0 saturated carbocycles. The van der Waals surface area contributed by atoms with Crippen molar-refractivity contribution in [3.05, 3.63) is 164 Å². The van der Waals surface area contributed by atoms with Crippen molar-refractivity contribution in [3.8, 4) is 22.3 Å². The molecule has 0 bridgehead atoms. The molecule has 0 aliphatic rings. The fourth-order valence-electron chi connectivity index (χ4n) is 6.16. The molecular formula is C40H27NO. The summed E-state index contributed by atoms with van der Waals surface area (Å²) >= 11 is 0. The standard InChI is InChI=1S/C40H27NO/c1-3-13-28(14-4-1)30-17-11-18-31(27-30)39-36(25-26-38-40(39)34-22-9-10-24-37(34)42-38)41(32-19-5-2-6-20-32)35-23-12-16-29-15-7-8-21-33(29)35/h1-27H. The summed E-state index contributed by atoms with van der Waals surface area (Å²) < 4.78 is 6.43. The van der Waals surface area contributed by atoms with E-state index in [0.717, 1.165) is 50.1 Å². The summed E-state index contributed by atoms with van der Waals surface area (Å²) in [6.07, 6.45) is 0. The Balaban J connectivity index is 1.49. The van der Waals surface area contributed by atoms with Crippen molar-refractivity contribution < 1.29 is 4.42 Å². The Hall–Kier alpha value is -5.60. The smallest absolute Gasteiger partial charge is 0.136 e. The number of rotatable bonds is 5. The molecular weight excluding hydrogens is 510 g/mol. The van der Waals surface area contributed by atoms with Crippen molar-refractivity contribution >= 4 is 49.8 Å². The number of hydrogen-bond acceptors (Lipinski definition) is 2. The first kappa shape index (κ1) is 24.2. The lowest BCUT2D eigenvalue weighted by Gasteiger charge is -2.29. The highest BCUT2D eigenvalue weighted by Gasteiger charge is 2.23. The zero-order valence-electron chi connectivity index (χ0n) is 22.9. The van der Waals surface area contributed by atoms with Gasteiger partial charge in [-0.3, -0.25) is 0 Å². The molecule has 8 aromatic rings. The molecule has 0 amide bonds. The maximum Gasteiger partial charge on any atom is 0.136 e. The highest BCUT2D eigenvalue weighted by molar-refractivity contribution is 6.17. The summed E-state index contributed by atoms with van der Waals surface area (Å²) in [4.78, 5) is 2.40. The van der Waals surface area contributed by atoms with Crippen LogP contribution in [0.3, 0.4) is 0 Å². The molecule has 0 saturated heterocycles. The van der Waals surface area contributed by atoms with E-state index in [2.05, 4.69) is 163 Å². The van der Waals surface area contributed by atoms with E-state index in [9.17, 15) is 0 Å². The molecule has 42 heavy (non-hydrogen) atoms. The van der Waals surface area contributed by atoms with Gasteiger partial charge in [-0.15, -0.1) is 0 Å². The highest BCUT2D eigenvalue weighted by atomic mass is 16.3. The number of anilines is 3. The lowest BCUT2D eigenvalue weighted by molar-refractivity contribution is 0.669. The molecule has 2 heteroatoms. The van der Waals surface area contributed by atoms with Crippen molar-refractivity contribution in [2.75, 3.05) is 4.90 Å². The largest absolute Gasteiger partial charge is 0.456 e. The van der Waals surface area contributed by atoms with E-state index in [1.165, 1.54) is 21.9 Å². The Bertz CT molecular complexity index is 2190. The first-order chi connectivity index (χ1) is 20.8. The van der Waals surface area contributed by atoms with Gasteiger partial charge in [-0.2, -0.15) is 0 Å². The van der Waals surface area contributed by atoms with Gasteiger partial charge < -0.3 is 9.32 Å². The van der Waals surface area contributed by atoms with Crippen LogP contribution < -0.4 is 4.90 Å². The third-order valence-corrected chi connectivity index (χ3v) is 8.04. The Kier molecular flexibility index (Phi) is 5.82. The molecule has 1 aromatic heterocycles. The molecule has 0 aliphatic carbocycles.